The molecule has 0 saturated carbocycles. The zero-order valence-electron chi connectivity index (χ0n) is 11.7. The van der Waals surface area contributed by atoms with Gasteiger partial charge < -0.3 is 4.90 Å². The van der Waals surface area contributed by atoms with E-state index >= 15 is 0 Å². The van der Waals surface area contributed by atoms with Crippen molar-refractivity contribution in [1.82, 2.24) is 4.90 Å². The van der Waals surface area contributed by atoms with E-state index in [0.29, 0.717) is 16.0 Å². The summed E-state index contributed by atoms with van der Waals surface area (Å²) in [6.45, 7) is 4.21. The number of aryl methyl sites for hydroxylation is 1. The Hall–Kier alpha value is -1.02. The summed E-state index contributed by atoms with van der Waals surface area (Å²) in [6.07, 6.45) is 0. The van der Waals surface area contributed by atoms with Crippen molar-refractivity contribution in [3.63, 3.8) is 0 Å². The van der Waals surface area contributed by atoms with Gasteiger partial charge in [0.25, 0.3) is 0 Å². The minimum absolute atomic E-state index is 0.360. The van der Waals surface area contributed by atoms with E-state index in [2.05, 4.69) is 43.1 Å². The molecule has 0 aromatic heterocycles. The number of nitrogens with zero attached hydrogens (tertiary/aromatic N) is 1. The van der Waals surface area contributed by atoms with Gasteiger partial charge in [-0.15, -0.1) is 0 Å². The van der Waals surface area contributed by atoms with Crippen LogP contribution in [0.4, 0.5) is 0 Å². The van der Waals surface area contributed by atoms with Crippen LogP contribution in [-0.4, -0.2) is 18.5 Å². The number of halogens is 2. The van der Waals surface area contributed by atoms with Crippen LogP contribution in [0, 0.1) is 6.92 Å². The minimum atomic E-state index is 0.360. The highest BCUT2D eigenvalue weighted by Gasteiger charge is 2.25. The molecule has 0 fully saturated rings. The number of hydrogen-bond acceptors (Lipinski definition) is 1. The number of fused-ring (bicyclic) bond motifs is 1. The average Bonchev–Trinajstić information content (AvgIpc) is 2.42. The Labute approximate surface area is 130 Å². The lowest BCUT2D eigenvalue weighted by Gasteiger charge is -2.33. The summed E-state index contributed by atoms with van der Waals surface area (Å²) >= 11 is 12.2. The monoisotopic (exact) mass is 305 g/mol. The summed E-state index contributed by atoms with van der Waals surface area (Å²) in [5, 5.41) is 1.25. The topological polar surface area (TPSA) is 3.24 Å². The first kappa shape index (κ1) is 13.9. The Bertz CT molecular complexity index is 651. The van der Waals surface area contributed by atoms with E-state index in [-0.39, 0.29) is 0 Å². The molecule has 0 amide bonds. The van der Waals surface area contributed by atoms with Crippen LogP contribution in [0.3, 0.4) is 0 Å². The van der Waals surface area contributed by atoms with Gasteiger partial charge in [-0.3, -0.25) is 0 Å². The maximum atomic E-state index is 6.18. The fraction of sp³-hybridized carbons (Fsp3) is 0.294. The molecule has 104 valence electrons. The molecule has 0 aliphatic carbocycles. The van der Waals surface area contributed by atoms with Crippen molar-refractivity contribution < 1.29 is 0 Å². The SMILES string of the molecule is Cc1cccc2c1CN(C)CC2c1ccc(Cl)c(Cl)c1. The zero-order valence-corrected chi connectivity index (χ0v) is 13.2. The van der Waals surface area contributed by atoms with Crippen LogP contribution < -0.4 is 0 Å². The van der Waals surface area contributed by atoms with Gasteiger partial charge in [0.2, 0.25) is 0 Å². The summed E-state index contributed by atoms with van der Waals surface area (Å²) in [5.41, 5.74) is 5.45. The van der Waals surface area contributed by atoms with Crippen LogP contribution >= 0.6 is 23.2 Å². The summed E-state index contributed by atoms with van der Waals surface area (Å²) in [5.74, 6) is 0.360. The van der Waals surface area contributed by atoms with Crippen molar-refractivity contribution in [2.45, 2.75) is 19.4 Å². The number of benzene rings is 2. The number of likely N-dealkylation sites (N-methyl/N-ethyl adjacent to an activating group) is 1. The summed E-state index contributed by atoms with van der Waals surface area (Å²) < 4.78 is 0. The van der Waals surface area contributed by atoms with E-state index in [1.807, 2.05) is 12.1 Å². The van der Waals surface area contributed by atoms with E-state index < -0.39 is 0 Å². The molecule has 0 radical (unpaired) electrons. The molecule has 1 heterocycles. The molecular weight excluding hydrogens is 289 g/mol. The Morgan fingerprint density at radius 1 is 1.10 bits per heavy atom. The van der Waals surface area contributed by atoms with Crippen molar-refractivity contribution >= 4 is 23.2 Å². The highest BCUT2D eigenvalue weighted by atomic mass is 35.5. The molecule has 20 heavy (non-hydrogen) atoms. The molecular formula is C17H17Cl2N. The molecule has 1 nitrogen and oxygen atoms in total. The van der Waals surface area contributed by atoms with E-state index in [9.17, 15) is 0 Å². The maximum Gasteiger partial charge on any atom is 0.0595 e. The van der Waals surface area contributed by atoms with Gasteiger partial charge in [-0.05, 0) is 48.4 Å². The van der Waals surface area contributed by atoms with Gasteiger partial charge in [-0.1, -0.05) is 47.5 Å². The molecule has 1 unspecified atom stereocenters. The Kier molecular flexibility index (Phi) is 3.76. The van der Waals surface area contributed by atoms with Crippen LogP contribution in [0.2, 0.25) is 10.0 Å². The second kappa shape index (κ2) is 5.40. The third-order valence-corrected chi connectivity index (χ3v) is 4.83. The predicted octanol–water partition coefficient (Wildman–Crippen LogP) is 4.88. The van der Waals surface area contributed by atoms with Gasteiger partial charge in [0.1, 0.15) is 0 Å². The van der Waals surface area contributed by atoms with Crippen LogP contribution in [0.5, 0.6) is 0 Å². The number of rotatable bonds is 1. The fourth-order valence-corrected chi connectivity index (χ4v) is 3.33. The lowest BCUT2D eigenvalue weighted by molar-refractivity contribution is 0.294. The first-order valence-electron chi connectivity index (χ1n) is 6.78. The second-order valence-corrected chi connectivity index (χ2v) is 6.38. The van der Waals surface area contributed by atoms with E-state index in [4.69, 9.17) is 23.2 Å². The van der Waals surface area contributed by atoms with Gasteiger partial charge in [0.05, 0.1) is 10.0 Å². The fourth-order valence-electron chi connectivity index (χ4n) is 3.03. The third kappa shape index (κ3) is 2.46. The average molecular weight is 306 g/mol. The zero-order chi connectivity index (χ0) is 14.3. The lowest BCUT2D eigenvalue weighted by atomic mass is 9.83. The van der Waals surface area contributed by atoms with Crippen LogP contribution in [0.25, 0.3) is 0 Å². The number of hydrogen-bond donors (Lipinski definition) is 0. The first-order chi connectivity index (χ1) is 9.56. The highest BCUT2D eigenvalue weighted by Crippen LogP contribution is 2.36. The minimum Gasteiger partial charge on any atom is -0.301 e. The molecule has 0 bridgehead atoms. The molecule has 2 aromatic carbocycles. The van der Waals surface area contributed by atoms with Crippen molar-refractivity contribution in [3.8, 4) is 0 Å². The largest absolute Gasteiger partial charge is 0.301 e. The summed E-state index contributed by atoms with van der Waals surface area (Å²) in [6, 6.07) is 12.5. The molecule has 2 aromatic rings. The smallest absolute Gasteiger partial charge is 0.0595 e. The van der Waals surface area contributed by atoms with Gasteiger partial charge in [0.15, 0.2) is 0 Å². The quantitative estimate of drug-likeness (QED) is 0.726. The molecule has 0 N–H and O–H groups in total. The van der Waals surface area contributed by atoms with Crippen LogP contribution in [-0.2, 0) is 6.54 Å². The molecule has 1 atom stereocenters. The first-order valence-corrected chi connectivity index (χ1v) is 7.53. The molecule has 1 aliphatic heterocycles. The maximum absolute atomic E-state index is 6.18. The van der Waals surface area contributed by atoms with E-state index in [1.165, 1.54) is 22.3 Å². The van der Waals surface area contributed by atoms with Crippen LogP contribution in [0.1, 0.15) is 28.2 Å². The molecule has 0 saturated heterocycles. The van der Waals surface area contributed by atoms with Crippen molar-refractivity contribution in [2.24, 2.45) is 0 Å². The van der Waals surface area contributed by atoms with Gasteiger partial charge in [0, 0.05) is 19.0 Å². The van der Waals surface area contributed by atoms with Gasteiger partial charge >= 0.3 is 0 Å². The van der Waals surface area contributed by atoms with Gasteiger partial charge in [-0.2, -0.15) is 0 Å². The van der Waals surface area contributed by atoms with Crippen molar-refractivity contribution in [1.29, 1.82) is 0 Å². The Balaban J connectivity index is 2.11. The third-order valence-electron chi connectivity index (χ3n) is 4.09. The lowest BCUT2D eigenvalue weighted by Crippen LogP contribution is -2.31. The summed E-state index contributed by atoms with van der Waals surface area (Å²) in [4.78, 5) is 2.36. The Morgan fingerprint density at radius 2 is 1.90 bits per heavy atom. The Morgan fingerprint density at radius 3 is 2.65 bits per heavy atom. The molecule has 3 heteroatoms. The van der Waals surface area contributed by atoms with Crippen molar-refractivity contribution in [2.75, 3.05) is 13.6 Å². The van der Waals surface area contributed by atoms with E-state index in [0.717, 1.165) is 13.1 Å². The standard InChI is InChI=1S/C17H17Cl2N/c1-11-4-3-5-13-14(11)9-20(2)10-15(13)12-6-7-16(18)17(19)8-12/h3-8,15H,9-10H2,1-2H3. The molecule has 0 spiro atoms. The summed E-state index contributed by atoms with van der Waals surface area (Å²) in [7, 11) is 2.17. The van der Waals surface area contributed by atoms with E-state index in [1.54, 1.807) is 0 Å². The second-order valence-electron chi connectivity index (χ2n) is 5.57. The van der Waals surface area contributed by atoms with Gasteiger partial charge in [-0.25, -0.2) is 0 Å². The predicted molar refractivity (Wildman–Crippen MR) is 85.8 cm³/mol. The molecule has 3 rings (SSSR count). The highest BCUT2D eigenvalue weighted by molar-refractivity contribution is 6.42. The molecule has 1 aliphatic rings. The normalized spacial score (nSPS) is 18.9. The van der Waals surface area contributed by atoms with Crippen LogP contribution in [0.15, 0.2) is 36.4 Å². The van der Waals surface area contributed by atoms with Crippen molar-refractivity contribution in [3.05, 3.63) is 68.7 Å².